The van der Waals surface area contributed by atoms with Crippen LogP contribution in [0.5, 0.6) is 0 Å². The zero-order chi connectivity index (χ0) is 32.8. The number of nitrogen functional groups attached to an aromatic ring is 1. The number of aromatic amines is 1. The molecule has 2 aliphatic rings. The Morgan fingerprint density at radius 2 is 1.67 bits per heavy atom. The van der Waals surface area contributed by atoms with E-state index in [1.807, 2.05) is 0 Å². The molecule has 0 spiro atoms. The van der Waals surface area contributed by atoms with Gasteiger partial charge in [0.05, 0.1) is 19.5 Å². The third kappa shape index (κ3) is 6.98. The van der Waals surface area contributed by atoms with Crippen LogP contribution in [0.1, 0.15) is 22.8 Å². The van der Waals surface area contributed by atoms with Crippen LogP contribution in [0.2, 0.25) is 0 Å². The third-order valence-corrected chi connectivity index (χ3v) is 9.41. The quantitative estimate of drug-likeness (QED) is 0.0694. The summed E-state index contributed by atoms with van der Waals surface area (Å²) in [6, 6.07) is 2.82. The van der Waals surface area contributed by atoms with Gasteiger partial charge in [-0.05, 0) is 6.07 Å². The van der Waals surface area contributed by atoms with Crippen molar-refractivity contribution in [3.8, 4) is 0 Å². The lowest BCUT2D eigenvalue weighted by atomic mass is 10.1. The second-order valence-electron chi connectivity index (χ2n) is 9.88. The number of hydrogen-bond acceptors (Lipinski definition) is 16. The highest BCUT2D eigenvalue weighted by Crippen LogP contribution is 2.60. The number of imidazole rings is 1. The SMILES string of the molecule is NC(=O)c1ccc[n+]([C@@H]2O[C@H](COP(=O)(O)OP(=O)(O)OC[C@@H]3O[C@H](n4cnc5c(=O)[nH]c(N)nc54)[C@H](O)[C@@H]3O)[C@H](O)[C@@H]2O)c1. The Balaban J connectivity index is 1.17. The van der Waals surface area contributed by atoms with Crippen molar-refractivity contribution in [2.24, 2.45) is 5.73 Å². The van der Waals surface area contributed by atoms with E-state index in [0.29, 0.717) is 0 Å². The number of phosphoric acid groups is 2. The Morgan fingerprint density at radius 3 is 2.31 bits per heavy atom. The van der Waals surface area contributed by atoms with Gasteiger partial charge >= 0.3 is 15.6 Å². The van der Waals surface area contributed by atoms with Crippen molar-refractivity contribution < 1.29 is 71.5 Å². The molecule has 2 unspecified atom stereocenters. The van der Waals surface area contributed by atoms with Crippen molar-refractivity contribution in [2.45, 2.75) is 49.1 Å². The Hall–Kier alpha value is -3.21. The number of phosphoric ester groups is 2. The Bertz CT molecular complexity index is 1740. The Morgan fingerprint density at radius 1 is 1.04 bits per heavy atom. The normalized spacial score (nSPS) is 31.2. The third-order valence-electron chi connectivity index (χ3n) is 6.81. The first-order chi connectivity index (χ1) is 21.1. The van der Waals surface area contributed by atoms with Crippen molar-refractivity contribution in [1.82, 2.24) is 19.5 Å². The van der Waals surface area contributed by atoms with Crippen LogP contribution in [0, 0.1) is 0 Å². The molecule has 0 saturated carbocycles. The number of fused-ring (bicyclic) bond motifs is 1. The lowest BCUT2D eigenvalue weighted by molar-refractivity contribution is -0.765. The number of anilines is 1. The van der Waals surface area contributed by atoms with E-state index in [4.69, 9.17) is 20.9 Å². The van der Waals surface area contributed by atoms with Crippen LogP contribution in [-0.4, -0.2) is 105 Å². The first-order valence-electron chi connectivity index (χ1n) is 12.8. The minimum Gasteiger partial charge on any atom is -0.387 e. The molecule has 5 rings (SSSR count). The maximum absolute atomic E-state index is 12.4. The van der Waals surface area contributed by atoms with Gasteiger partial charge in [0, 0.05) is 6.07 Å². The average molecular weight is 680 g/mol. The van der Waals surface area contributed by atoms with Crippen molar-refractivity contribution in [3.05, 3.63) is 46.8 Å². The van der Waals surface area contributed by atoms with Crippen molar-refractivity contribution in [2.75, 3.05) is 18.9 Å². The molecule has 2 aliphatic heterocycles. The van der Waals surface area contributed by atoms with Crippen LogP contribution < -0.4 is 21.6 Å². The van der Waals surface area contributed by atoms with Crippen LogP contribution in [0.4, 0.5) is 5.95 Å². The van der Waals surface area contributed by atoms with Gasteiger partial charge in [0.2, 0.25) is 5.95 Å². The summed E-state index contributed by atoms with van der Waals surface area (Å²) in [4.78, 5) is 53.5. The highest BCUT2D eigenvalue weighted by Gasteiger charge is 2.50. The molecule has 246 valence electrons. The molecule has 24 heteroatoms. The number of nitrogens with zero attached hydrogens (tertiary/aromatic N) is 4. The summed E-state index contributed by atoms with van der Waals surface area (Å²) in [5, 5.41) is 41.6. The second-order valence-corrected chi connectivity index (χ2v) is 12.9. The smallest absolute Gasteiger partial charge is 0.387 e. The van der Waals surface area contributed by atoms with Gasteiger partial charge in [-0.15, -0.1) is 0 Å². The summed E-state index contributed by atoms with van der Waals surface area (Å²) in [6.07, 6.45) is -8.59. The molecular weight excluding hydrogens is 652 g/mol. The van der Waals surface area contributed by atoms with E-state index >= 15 is 0 Å². The molecule has 2 fully saturated rings. The molecule has 5 heterocycles. The van der Waals surface area contributed by atoms with Crippen LogP contribution >= 0.6 is 15.6 Å². The summed E-state index contributed by atoms with van der Waals surface area (Å²) in [7, 11) is -10.8. The summed E-state index contributed by atoms with van der Waals surface area (Å²) in [5.41, 5.74) is 9.91. The van der Waals surface area contributed by atoms with E-state index in [0.717, 1.165) is 10.9 Å². The van der Waals surface area contributed by atoms with Gasteiger partial charge in [-0.2, -0.15) is 13.9 Å². The molecule has 0 aromatic carbocycles. The number of aliphatic hydroxyl groups excluding tert-OH is 4. The minimum absolute atomic E-state index is 0.0593. The van der Waals surface area contributed by atoms with Crippen molar-refractivity contribution in [1.29, 1.82) is 0 Å². The lowest BCUT2D eigenvalue weighted by Crippen LogP contribution is -2.46. The molecule has 10 atom stereocenters. The van der Waals surface area contributed by atoms with E-state index < -0.39 is 89.4 Å². The van der Waals surface area contributed by atoms with Crippen LogP contribution in [0.3, 0.4) is 0 Å². The number of nitrogens with two attached hydrogens (primary N) is 2. The number of nitrogens with one attached hydrogen (secondary N) is 1. The van der Waals surface area contributed by atoms with Gasteiger partial charge < -0.3 is 51.2 Å². The first-order valence-corrected chi connectivity index (χ1v) is 15.8. The molecule has 0 radical (unpaired) electrons. The fraction of sp³-hybridized carbons (Fsp3) is 0.476. The van der Waals surface area contributed by atoms with Crippen LogP contribution in [0.15, 0.2) is 35.6 Å². The second kappa shape index (κ2) is 12.5. The molecule has 0 aliphatic carbocycles. The molecule has 1 amide bonds. The summed E-state index contributed by atoms with van der Waals surface area (Å²) in [5.74, 6) is -1.04. The highest BCUT2D eigenvalue weighted by molar-refractivity contribution is 7.61. The summed E-state index contributed by atoms with van der Waals surface area (Å²) < 4.78 is 51.7. The van der Waals surface area contributed by atoms with Crippen molar-refractivity contribution >= 4 is 38.7 Å². The fourth-order valence-corrected chi connectivity index (χ4v) is 6.74. The number of H-pyrrole nitrogens is 1. The van der Waals surface area contributed by atoms with Gasteiger partial charge in [-0.1, -0.05) is 0 Å². The minimum atomic E-state index is -5.41. The van der Waals surface area contributed by atoms with Gasteiger partial charge in [0.1, 0.15) is 36.1 Å². The largest absolute Gasteiger partial charge is 0.481 e. The van der Waals surface area contributed by atoms with Gasteiger partial charge in [0.15, 0.2) is 35.9 Å². The predicted molar refractivity (Wildman–Crippen MR) is 142 cm³/mol. The number of primary amides is 1. The van der Waals surface area contributed by atoms with E-state index in [-0.39, 0.29) is 22.7 Å². The molecular formula is C21H28N7O15P2+. The monoisotopic (exact) mass is 680 g/mol. The standard InChI is InChI=1S/C21H27N7O15P2/c22-16(33)8-2-1-3-27(4-8)19-14(31)12(29)9(41-19)5-39-44(35,36)43-45(37,38)40-6-10-13(30)15(32)20(42-10)28-7-24-11-17(28)25-21(23)26-18(11)34/h1-4,7,9-10,12-15,19-20,29-32H,5-6H2,(H6-,22,23,25,26,33,34,35,36,37,38)/p+1/t9-,10+,12+,13-,14+,15-,19-,20+/m1/s1. The Labute approximate surface area is 250 Å². The van der Waals surface area contributed by atoms with E-state index in [1.165, 1.54) is 29.1 Å². The van der Waals surface area contributed by atoms with Crippen molar-refractivity contribution in [3.63, 3.8) is 0 Å². The number of carbonyl (C=O) groups excluding carboxylic acids is 1. The molecule has 2 saturated heterocycles. The number of amides is 1. The first kappa shape index (κ1) is 33.2. The number of hydrogen-bond donors (Lipinski definition) is 9. The number of pyridine rings is 1. The van der Waals surface area contributed by atoms with Gasteiger partial charge in [-0.25, -0.2) is 14.1 Å². The fourth-order valence-electron chi connectivity index (χ4n) is 4.65. The highest BCUT2D eigenvalue weighted by atomic mass is 31.3. The molecule has 22 nitrogen and oxygen atoms in total. The molecule has 3 aromatic heterocycles. The number of ether oxygens (including phenoxy) is 2. The molecule has 0 bridgehead atoms. The maximum Gasteiger partial charge on any atom is 0.481 e. The van der Waals surface area contributed by atoms with E-state index in [1.54, 1.807) is 0 Å². The summed E-state index contributed by atoms with van der Waals surface area (Å²) >= 11 is 0. The Kier molecular flexibility index (Phi) is 9.23. The van der Waals surface area contributed by atoms with Crippen LogP contribution in [0.25, 0.3) is 11.2 Å². The summed E-state index contributed by atoms with van der Waals surface area (Å²) in [6.45, 7) is -1.87. The zero-order valence-electron chi connectivity index (χ0n) is 22.6. The predicted octanol–water partition coefficient (Wildman–Crippen LogP) is -3.72. The van der Waals surface area contributed by atoms with Gasteiger partial charge in [0.25, 0.3) is 17.7 Å². The van der Waals surface area contributed by atoms with E-state index in [2.05, 4.69) is 28.3 Å². The zero-order valence-corrected chi connectivity index (χ0v) is 24.4. The number of aliphatic hydroxyl groups is 4. The topological polar surface area (TPSA) is 338 Å². The van der Waals surface area contributed by atoms with E-state index in [9.17, 15) is 48.9 Å². The average Bonchev–Trinajstić information content (AvgIpc) is 3.60. The molecule has 45 heavy (non-hydrogen) atoms. The number of carbonyl (C=O) groups is 1. The maximum atomic E-state index is 12.4. The molecule has 11 N–H and O–H groups in total. The number of rotatable bonds is 11. The lowest BCUT2D eigenvalue weighted by Gasteiger charge is -2.20. The van der Waals surface area contributed by atoms with Crippen LogP contribution in [-0.2, 0) is 32.0 Å². The number of aromatic nitrogens is 5. The van der Waals surface area contributed by atoms with Gasteiger partial charge in [-0.3, -0.25) is 28.2 Å². The molecule has 3 aromatic rings.